The molecule has 1 aromatic rings. The molecule has 0 fully saturated rings. The number of carboxylic acid groups (broad SMARTS) is 1. The maximum atomic E-state index is 9.00. The van der Waals surface area contributed by atoms with E-state index < -0.39 is 5.97 Å². The average molecular weight is 192 g/mol. The SMILES string of the molecule is C1=Cc2cnccc2NC1.CC(=O)O. The van der Waals surface area contributed by atoms with Gasteiger partial charge in [0.25, 0.3) is 5.97 Å². The first kappa shape index (κ1) is 10.2. The molecule has 0 unspecified atom stereocenters. The number of carbonyl (C=O) groups is 1. The number of hydrogen-bond acceptors (Lipinski definition) is 3. The maximum absolute atomic E-state index is 9.00. The lowest BCUT2D eigenvalue weighted by Crippen LogP contribution is -2.03. The van der Waals surface area contributed by atoms with Crippen molar-refractivity contribution in [3.63, 3.8) is 0 Å². The minimum atomic E-state index is -0.833. The zero-order valence-electron chi connectivity index (χ0n) is 7.90. The third kappa shape index (κ3) is 3.26. The van der Waals surface area contributed by atoms with E-state index in [2.05, 4.69) is 22.5 Å². The van der Waals surface area contributed by atoms with E-state index >= 15 is 0 Å². The summed E-state index contributed by atoms with van der Waals surface area (Å²) >= 11 is 0. The van der Waals surface area contributed by atoms with Crippen LogP contribution in [0, 0.1) is 0 Å². The van der Waals surface area contributed by atoms with Crippen LogP contribution in [0.25, 0.3) is 6.08 Å². The molecule has 0 saturated heterocycles. The lowest BCUT2D eigenvalue weighted by atomic mass is 10.2. The van der Waals surface area contributed by atoms with Gasteiger partial charge in [-0.05, 0) is 6.07 Å². The van der Waals surface area contributed by atoms with Crippen LogP contribution in [0.4, 0.5) is 5.69 Å². The topological polar surface area (TPSA) is 62.2 Å². The normalized spacial score (nSPS) is 11.8. The third-order valence-electron chi connectivity index (χ3n) is 1.56. The van der Waals surface area contributed by atoms with Crippen molar-refractivity contribution in [3.05, 3.63) is 30.1 Å². The molecular weight excluding hydrogens is 180 g/mol. The molecular formula is C10H12N2O2. The maximum Gasteiger partial charge on any atom is 0.300 e. The Balaban J connectivity index is 0.000000213. The molecule has 4 nitrogen and oxygen atoms in total. The standard InChI is InChI=1S/C8H8N2.C2H4O2/c1-2-7-6-9-5-3-8(7)10-4-1;1-2(3)4/h1-3,5-6,10H,4H2;1H3,(H,3,4). The highest BCUT2D eigenvalue weighted by Gasteiger charge is 1.99. The number of anilines is 1. The second-order valence-corrected chi connectivity index (χ2v) is 2.77. The number of aromatic nitrogens is 1. The van der Waals surface area contributed by atoms with Crippen LogP contribution in [0.2, 0.25) is 0 Å². The molecule has 0 radical (unpaired) electrons. The van der Waals surface area contributed by atoms with Crippen LogP contribution in [0.15, 0.2) is 24.5 Å². The summed E-state index contributed by atoms with van der Waals surface area (Å²) in [5.74, 6) is -0.833. The fourth-order valence-corrected chi connectivity index (χ4v) is 1.06. The molecule has 0 aromatic carbocycles. The van der Waals surface area contributed by atoms with E-state index in [1.807, 2.05) is 12.3 Å². The highest BCUT2D eigenvalue weighted by molar-refractivity contribution is 5.68. The number of hydrogen-bond donors (Lipinski definition) is 2. The Hall–Kier alpha value is -1.84. The first-order chi connectivity index (χ1) is 6.70. The second-order valence-electron chi connectivity index (χ2n) is 2.77. The number of pyridine rings is 1. The van der Waals surface area contributed by atoms with Crippen LogP contribution in [0.3, 0.4) is 0 Å². The smallest absolute Gasteiger partial charge is 0.300 e. The van der Waals surface area contributed by atoms with Crippen molar-refractivity contribution in [2.75, 3.05) is 11.9 Å². The van der Waals surface area contributed by atoms with Crippen molar-refractivity contribution in [2.24, 2.45) is 0 Å². The zero-order valence-corrected chi connectivity index (χ0v) is 7.90. The molecule has 0 bridgehead atoms. The number of carboxylic acids is 1. The quantitative estimate of drug-likeness (QED) is 0.655. The number of nitrogens with one attached hydrogen (secondary N) is 1. The van der Waals surface area contributed by atoms with Gasteiger partial charge in [-0.15, -0.1) is 0 Å². The molecule has 0 atom stereocenters. The summed E-state index contributed by atoms with van der Waals surface area (Å²) in [5, 5.41) is 10.7. The minimum absolute atomic E-state index is 0.833. The highest BCUT2D eigenvalue weighted by atomic mass is 16.4. The van der Waals surface area contributed by atoms with Gasteiger partial charge >= 0.3 is 0 Å². The van der Waals surface area contributed by atoms with Crippen LogP contribution in [-0.4, -0.2) is 22.6 Å². The van der Waals surface area contributed by atoms with Crippen LogP contribution >= 0.6 is 0 Å². The molecule has 0 spiro atoms. The summed E-state index contributed by atoms with van der Waals surface area (Å²) in [4.78, 5) is 13.0. The summed E-state index contributed by atoms with van der Waals surface area (Å²) in [6, 6.07) is 1.98. The van der Waals surface area contributed by atoms with E-state index in [1.165, 1.54) is 11.3 Å². The van der Waals surface area contributed by atoms with Crippen LogP contribution in [-0.2, 0) is 4.79 Å². The Morgan fingerprint density at radius 1 is 1.64 bits per heavy atom. The van der Waals surface area contributed by atoms with Crippen molar-refractivity contribution >= 4 is 17.7 Å². The fraction of sp³-hybridized carbons (Fsp3) is 0.200. The monoisotopic (exact) mass is 192 g/mol. The van der Waals surface area contributed by atoms with Gasteiger partial charge in [-0.2, -0.15) is 0 Å². The molecule has 1 aliphatic rings. The third-order valence-corrected chi connectivity index (χ3v) is 1.56. The van der Waals surface area contributed by atoms with Gasteiger partial charge in [-0.25, -0.2) is 0 Å². The molecule has 0 aliphatic carbocycles. The predicted octanol–water partition coefficient (Wildman–Crippen LogP) is 1.61. The van der Waals surface area contributed by atoms with Gasteiger partial charge in [0, 0.05) is 37.1 Å². The van der Waals surface area contributed by atoms with Gasteiger partial charge in [0.2, 0.25) is 0 Å². The van der Waals surface area contributed by atoms with E-state index in [9.17, 15) is 0 Å². The Morgan fingerprint density at radius 2 is 2.36 bits per heavy atom. The van der Waals surface area contributed by atoms with Crippen LogP contribution in [0.5, 0.6) is 0 Å². The van der Waals surface area contributed by atoms with Crippen molar-refractivity contribution < 1.29 is 9.90 Å². The van der Waals surface area contributed by atoms with Crippen LogP contribution in [0.1, 0.15) is 12.5 Å². The van der Waals surface area contributed by atoms with Crippen LogP contribution < -0.4 is 5.32 Å². The largest absolute Gasteiger partial charge is 0.481 e. The van der Waals surface area contributed by atoms with E-state index in [0.717, 1.165) is 13.5 Å². The van der Waals surface area contributed by atoms with Gasteiger partial charge < -0.3 is 10.4 Å². The average Bonchev–Trinajstić information content (AvgIpc) is 2.17. The first-order valence-electron chi connectivity index (χ1n) is 4.24. The van der Waals surface area contributed by atoms with Gasteiger partial charge in [-0.3, -0.25) is 9.78 Å². The molecule has 1 aromatic heterocycles. The Morgan fingerprint density at radius 3 is 3.00 bits per heavy atom. The second kappa shape index (κ2) is 5.01. The van der Waals surface area contributed by atoms with Crippen molar-refractivity contribution in [1.82, 2.24) is 4.98 Å². The predicted molar refractivity (Wildman–Crippen MR) is 55.1 cm³/mol. The van der Waals surface area contributed by atoms with E-state index in [4.69, 9.17) is 9.90 Å². The Labute approximate surface area is 82.3 Å². The Bertz CT molecular complexity index is 344. The molecule has 74 valence electrons. The fourth-order valence-electron chi connectivity index (χ4n) is 1.06. The Kier molecular flexibility index (Phi) is 3.67. The molecule has 0 amide bonds. The van der Waals surface area contributed by atoms with Crippen molar-refractivity contribution in [1.29, 1.82) is 0 Å². The molecule has 1 aliphatic heterocycles. The summed E-state index contributed by atoms with van der Waals surface area (Å²) in [6.07, 6.45) is 7.83. The van der Waals surface area contributed by atoms with E-state index in [-0.39, 0.29) is 0 Å². The van der Waals surface area contributed by atoms with Gasteiger partial charge in [-0.1, -0.05) is 12.2 Å². The highest BCUT2D eigenvalue weighted by Crippen LogP contribution is 2.17. The summed E-state index contributed by atoms with van der Waals surface area (Å²) < 4.78 is 0. The number of rotatable bonds is 0. The lowest BCUT2D eigenvalue weighted by molar-refractivity contribution is -0.134. The number of nitrogens with zero attached hydrogens (tertiary/aromatic N) is 1. The first-order valence-corrected chi connectivity index (χ1v) is 4.24. The number of fused-ring (bicyclic) bond motifs is 1. The molecule has 0 saturated carbocycles. The summed E-state index contributed by atoms with van der Waals surface area (Å²) in [7, 11) is 0. The van der Waals surface area contributed by atoms with Gasteiger partial charge in [0.05, 0.1) is 0 Å². The molecule has 14 heavy (non-hydrogen) atoms. The summed E-state index contributed by atoms with van der Waals surface area (Å²) in [5.41, 5.74) is 2.35. The zero-order chi connectivity index (χ0) is 10.4. The number of aliphatic carboxylic acids is 1. The van der Waals surface area contributed by atoms with Gasteiger partial charge in [0.15, 0.2) is 0 Å². The molecule has 4 heteroatoms. The van der Waals surface area contributed by atoms with Gasteiger partial charge in [0.1, 0.15) is 0 Å². The lowest BCUT2D eigenvalue weighted by Gasteiger charge is -2.10. The van der Waals surface area contributed by atoms with Crippen molar-refractivity contribution in [2.45, 2.75) is 6.92 Å². The van der Waals surface area contributed by atoms with E-state index in [0.29, 0.717) is 0 Å². The summed E-state index contributed by atoms with van der Waals surface area (Å²) in [6.45, 7) is 2.01. The van der Waals surface area contributed by atoms with Crippen molar-refractivity contribution in [3.8, 4) is 0 Å². The minimum Gasteiger partial charge on any atom is -0.481 e. The molecule has 2 heterocycles. The molecule has 2 rings (SSSR count). The van der Waals surface area contributed by atoms with E-state index in [1.54, 1.807) is 6.20 Å². The molecule has 2 N–H and O–H groups in total.